The predicted octanol–water partition coefficient (Wildman–Crippen LogP) is 2.21. The van der Waals surface area contributed by atoms with Crippen LogP contribution in [0, 0.1) is 11.6 Å². The summed E-state index contributed by atoms with van der Waals surface area (Å²) in [7, 11) is 0. The van der Waals surface area contributed by atoms with Crippen molar-refractivity contribution in [2.45, 2.75) is 6.42 Å². The number of benzene rings is 1. The third-order valence-corrected chi connectivity index (χ3v) is 3.58. The van der Waals surface area contributed by atoms with Gasteiger partial charge in [-0.1, -0.05) is 0 Å². The summed E-state index contributed by atoms with van der Waals surface area (Å²) in [4.78, 5) is 15.0. The quantitative estimate of drug-likeness (QED) is 0.742. The maximum atomic E-state index is 13.5. The van der Waals surface area contributed by atoms with Gasteiger partial charge in [-0.3, -0.25) is 0 Å². The minimum Gasteiger partial charge on any atom is -0.341 e. The van der Waals surface area contributed by atoms with Gasteiger partial charge in [0.15, 0.2) is 5.82 Å². The van der Waals surface area contributed by atoms with Crippen LogP contribution in [0.15, 0.2) is 36.7 Å². The largest absolute Gasteiger partial charge is 0.341 e. The van der Waals surface area contributed by atoms with Crippen LogP contribution in [0.2, 0.25) is 0 Å². The van der Waals surface area contributed by atoms with Gasteiger partial charge in [-0.15, -0.1) is 0 Å². The van der Waals surface area contributed by atoms with Crippen LogP contribution in [-0.4, -0.2) is 37.8 Å². The van der Waals surface area contributed by atoms with E-state index in [1.807, 2.05) is 4.90 Å². The van der Waals surface area contributed by atoms with Crippen molar-refractivity contribution in [3.63, 3.8) is 0 Å². The molecule has 1 fully saturated rings. The number of rotatable bonds is 3. The summed E-state index contributed by atoms with van der Waals surface area (Å²) in [5.41, 5.74) is 0.264. The van der Waals surface area contributed by atoms with E-state index in [4.69, 9.17) is 0 Å². The van der Waals surface area contributed by atoms with Crippen molar-refractivity contribution in [1.29, 1.82) is 0 Å². The summed E-state index contributed by atoms with van der Waals surface area (Å²) >= 11 is 0. The number of hydrogen-bond donors (Lipinski definition) is 0. The molecule has 0 spiro atoms. The van der Waals surface area contributed by atoms with Gasteiger partial charge in [0.05, 0.1) is 0 Å². The summed E-state index contributed by atoms with van der Waals surface area (Å²) in [6.45, 7) is 1.69. The van der Waals surface area contributed by atoms with E-state index in [-0.39, 0.29) is 11.4 Å². The van der Waals surface area contributed by atoms with Gasteiger partial charge in [0.2, 0.25) is 5.95 Å². The van der Waals surface area contributed by atoms with Gasteiger partial charge in [-0.25, -0.2) is 13.5 Å². The second kappa shape index (κ2) is 5.38. The predicted molar refractivity (Wildman–Crippen MR) is 79.1 cm³/mol. The number of anilines is 1. The molecular weight excluding hydrogens is 302 g/mol. The minimum atomic E-state index is -0.674. The molecule has 0 bridgehead atoms. The van der Waals surface area contributed by atoms with Gasteiger partial charge in [-0.05, 0) is 24.6 Å². The molecule has 0 radical (unpaired) electrons. The third-order valence-electron chi connectivity index (χ3n) is 3.58. The lowest BCUT2D eigenvalue weighted by atomic mass is 10.2. The van der Waals surface area contributed by atoms with Gasteiger partial charge in [-0.2, -0.15) is 20.1 Å². The van der Waals surface area contributed by atoms with E-state index >= 15 is 0 Å². The van der Waals surface area contributed by atoms with Gasteiger partial charge in [0.1, 0.15) is 11.6 Å². The van der Waals surface area contributed by atoms with E-state index in [9.17, 15) is 8.78 Å². The SMILES string of the molecule is Fc1cc(F)cc(-c2nc(N3CCC3)nc(-n3cccn3)n2)c1. The Bertz CT molecular complexity index is 825. The average molecular weight is 314 g/mol. The monoisotopic (exact) mass is 314 g/mol. The molecule has 1 aliphatic rings. The third kappa shape index (κ3) is 2.63. The van der Waals surface area contributed by atoms with E-state index < -0.39 is 11.6 Å². The van der Waals surface area contributed by atoms with Crippen LogP contribution < -0.4 is 4.90 Å². The smallest absolute Gasteiger partial charge is 0.255 e. The summed E-state index contributed by atoms with van der Waals surface area (Å²) in [5.74, 6) is -0.341. The minimum absolute atomic E-state index is 0.214. The summed E-state index contributed by atoms with van der Waals surface area (Å²) in [6.07, 6.45) is 4.37. The molecular formula is C15H12F2N6. The van der Waals surface area contributed by atoms with Gasteiger partial charge in [0, 0.05) is 37.1 Å². The van der Waals surface area contributed by atoms with E-state index in [2.05, 4.69) is 20.1 Å². The first-order valence-corrected chi connectivity index (χ1v) is 7.16. The van der Waals surface area contributed by atoms with Gasteiger partial charge in [0.25, 0.3) is 5.95 Å². The van der Waals surface area contributed by atoms with Crippen LogP contribution in [0.25, 0.3) is 17.3 Å². The number of halogens is 2. The second-order valence-corrected chi connectivity index (χ2v) is 5.21. The van der Waals surface area contributed by atoms with Gasteiger partial charge >= 0.3 is 0 Å². The molecule has 2 aromatic heterocycles. The molecule has 1 saturated heterocycles. The Labute approximate surface area is 130 Å². The Morgan fingerprint density at radius 1 is 0.913 bits per heavy atom. The van der Waals surface area contributed by atoms with E-state index in [1.165, 1.54) is 16.8 Å². The Hall–Kier alpha value is -2.90. The Balaban J connectivity index is 1.86. The van der Waals surface area contributed by atoms with E-state index in [1.54, 1.807) is 18.5 Å². The molecule has 0 saturated carbocycles. The van der Waals surface area contributed by atoms with Crippen molar-refractivity contribution in [1.82, 2.24) is 24.7 Å². The molecule has 0 N–H and O–H groups in total. The highest BCUT2D eigenvalue weighted by molar-refractivity contribution is 5.57. The molecule has 6 nitrogen and oxygen atoms in total. The van der Waals surface area contributed by atoms with Gasteiger partial charge < -0.3 is 4.90 Å². The molecule has 0 aliphatic carbocycles. The van der Waals surface area contributed by atoms with Crippen molar-refractivity contribution in [3.05, 3.63) is 48.3 Å². The molecule has 116 valence electrons. The van der Waals surface area contributed by atoms with E-state index in [0.29, 0.717) is 11.9 Å². The van der Waals surface area contributed by atoms with Crippen LogP contribution in [0.1, 0.15) is 6.42 Å². The maximum Gasteiger partial charge on any atom is 0.255 e. The molecule has 0 atom stereocenters. The Morgan fingerprint density at radius 2 is 1.65 bits per heavy atom. The zero-order chi connectivity index (χ0) is 15.8. The maximum absolute atomic E-state index is 13.5. The molecule has 1 aromatic carbocycles. The highest BCUT2D eigenvalue weighted by atomic mass is 19.1. The number of aromatic nitrogens is 5. The van der Waals surface area contributed by atoms with Crippen LogP contribution in [0.3, 0.4) is 0 Å². The van der Waals surface area contributed by atoms with E-state index in [0.717, 1.165) is 25.6 Å². The lowest BCUT2D eigenvalue weighted by Crippen LogP contribution is -2.38. The zero-order valence-electron chi connectivity index (χ0n) is 12.0. The standard InChI is InChI=1S/C15H12F2N6/c16-11-7-10(8-12(17)9-11)13-19-14(22-4-2-5-22)21-15(20-13)23-6-1-3-18-23/h1,3,6-9H,2,4-5H2. The Kier molecular flexibility index (Phi) is 3.22. The molecule has 4 rings (SSSR count). The van der Waals surface area contributed by atoms with Crippen molar-refractivity contribution in [2.24, 2.45) is 0 Å². The fraction of sp³-hybridized carbons (Fsp3) is 0.200. The van der Waals surface area contributed by atoms with Crippen LogP contribution >= 0.6 is 0 Å². The first-order chi connectivity index (χ1) is 11.2. The van der Waals surface area contributed by atoms with Crippen molar-refractivity contribution >= 4 is 5.95 Å². The second-order valence-electron chi connectivity index (χ2n) is 5.21. The fourth-order valence-electron chi connectivity index (χ4n) is 2.31. The van der Waals surface area contributed by atoms with Crippen LogP contribution in [0.4, 0.5) is 14.7 Å². The molecule has 3 aromatic rings. The Morgan fingerprint density at radius 3 is 2.26 bits per heavy atom. The van der Waals surface area contributed by atoms with Crippen molar-refractivity contribution < 1.29 is 8.78 Å². The van der Waals surface area contributed by atoms with Crippen molar-refractivity contribution in [3.8, 4) is 17.3 Å². The number of nitrogens with zero attached hydrogens (tertiary/aromatic N) is 6. The van der Waals surface area contributed by atoms with Crippen molar-refractivity contribution in [2.75, 3.05) is 18.0 Å². The highest BCUT2D eigenvalue weighted by Crippen LogP contribution is 2.23. The van der Waals surface area contributed by atoms with Crippen LogP contribution in [-0.2, 0) is 0 Å². The van der Waals surface area contributed by atoms with Crippen LogP contribution in [0.5, 0.6) is 0 Å². The summed E-state index contributed by atoms with van der Waals surface area (Å²) in [5, 5.41) is 4.10. The number of hydrogen-bond acceptors (Lipinski definition) is 5. The highest BCUT2D eigenvalue weighted by Gasteiger charge is 2.20. The molecule has 3 heterocycles. The fourth-order valence-corrected chi connectivity index (χ4v) is 2.31. The molecule has 0 unspecified atom stereocenters. The lowest BCUT2D eigenvalue weighted by Gasteiger charge is -2.30. The zero-order valence-corrected chi connectivity index (χ0v) is 12.0. The molecule has 1 aliphatic heterocycles. The lowest BCUT2D eigenvalue weighted by molar-refractivity contribution is 0.583. The molecule has 8 heteroatoms. The summed E-state index contributed by atoms with van der Waals surface area (Å²) in [6, 6.07) is 4.96. The molecule has 23 heavy (non-hydrogen) atoms. The summed E-state index contributed by atoms with van der Waals surface area (Å²) < 4.78 is 28.5. The first kappa shape index (κ1) is 13.7. The average Bonchev–Trinajstić information content (AvgIpc) is 2.98. The topological polar surface area (TPSA) is 59.7 Å². The normalized spacial score (nSPS) is 13.9. The first-order valence-electron chi connectivity index (χ1n) is 7.16. The molecule has 0 amide bonds.